The molecule has 18 heavy (non-hydrogen) atoms. The van der Waals surface area contributed by atoms with Gasteiger partial charge < -0.3 is 10.1 Å². The summed E-state index contributed by atoms with van der Waals surface area (Å²) in [5.74, 6) is -0.980. The summed E-state index contributed by atoms with van der Waals surface area (Å²) in [6.45, 7) is 0. The van der Waals surface area contributed by atoms with Crippen LogP contribution in [-0.4, -0.2) is 21.0 Å². The highest BCUT2D eigenvalue weighted by Crippen LogP contribution is 2.31. The lowest BCUT2D eigenvalue weighted by Crippen LogP contribution is -1.98. The SMILES string of the molecule is O=C(O)c1[nH]c2ncccc2c1-c1ccccc1. The number of nitrogens with zero attached hydrogens (tertiary/aromatic N) is 1. The number of carboxylic acid groups (broad SMARTS) is 1. The van der Waals surface area contributed by atoms with Gasteiger partial charge in [0.2, 0.25) is 0 Å². The van der Waals surface area contributed by atoms with E-state index in [1.807, 2.05) is 36.4 Å². The molecule has 1 aromatic carbocycles. The molecule has 88 valence electrons. The molecule has 3 aromatic rings. The quantitative estimate of drug-likeness (QED) is 0.721. The molecule has 2 N–H and O–H groups in total. The summed E-state index contributed by atoms with van der Waals surface area (Å²) in [6.07, 6.45) is 1.64. The van der Waals surface area contributed by atoms with Crippen molar-refractivity contribution in [2.45, 2.75) is 0 Å². The van der Waals surface area contributed by atoms with Crippen molar-refractivity contribution in [3.63, 3.8) is 0 Å². The van der Waals surface area contributed by atoms with Gasteiger partial charge in [0.15, 0.2) is 0 Å². The van der Waals surface area contributed by atoms with E-state index >= 15 is 0 Å². The Morgan fingerprint density at radius 2 is 1.89 bits per heavy atom. The summed E-state index contributed by atoms with van der Waals surface area (Å²) in [5.41, 5.74) is 2.32. The number of rotatable bonds is 2. The first kappa shape index (κ1) is 10.5. The van der Waals surface area contributed by atoms with Crippen LogP contribution in [0.5, 0.6) is 0 Å². The molecule has 3 rings (SSSR count). The summed E-state index contributed by atoms with van der Waals surface area (Å²) < 4.78 is 0. The van der Waals surface area contributed by atoms with Crippen LogP contribution in [0, 0.1) is 0 Å². The van der Waals surface area contributed by atoms with Crippen molar-refractivity contribution in [3.05, 3.63) is 54.4 Å². The van der Waals surface area contributed by atoms with Gasteiger partial charge >= 0.3 is 5.97 Å². The zero-order valence-corrected chi connectivity index (χ0v) is 9.42. The van der Waals surface area contributed by atoms with Crippen LogP contribution in [0.3, 0.4) is 0 Å². The van der Waals surface area contributed by atoms with Gasteiger partial charge in [0.25, 0.3) is 0 Å². The lowest BCUT2D eigenvalue weighted by molar-refractivity contribution is 0.0692. The minimum absolute atomic E-state index is 0.176. The molecular formula is C14H10N2O2. The Bertz CT molecular complexity index is 717. The molecule has 4 nitrogen and oxygen atoms in total. The van der Waals surface area contributed by atoms with Gasteiger partial charge in [0.05, 0.1) is 0 Å². The number of aromatic carboxylic acids is 1. The van der Waals surface area contributed by atoms with E-state index in [4.69, 9.17) is 0 Å². The van der Waals surface area contributed by atoms with Crippen LogP contribution >= 0.6 is 0 Å². The van der Waals surface area contributed by atoms with Crippen molar-refractivity contribution in [1.82, 2.24) is 9.97 Å². The molecule has 0 aliphatic rings. The van der Waals surface area contributed by atoms with Crippen LogP contribution in [0.2, 0.25) is 0 Å². The Kier molecular flexibility index (Phi) is 2.34. The van der Waals surface area contributed by atoms with Crippen LogP contribution in [0.1, 0.15) is 10.5 Å². The van der Waals surface area contributed by atoms with Gasteiger partial charge in [-0.3, -0.25) is 0 Å². The Hall–Kier alpha value is -2.62. The molecule has 0 fully saturated rings. The van der Waals surface area contributed by atoms with E-state index < -0.39 is 5.97 Å². The Morgan fingerprint density at radius 3 is 2.61 bits per heavy atom. The standard InChI is InChI=1S/C14H10N2O2/c17-14(18)12-11(9-5-2-1-3-6-9)10-7-4-8-15-13(10)16-12/h1-8H,(H,15,16)(H,17,18). The first-order valence-electron chi connectivity index (χ1n) is 5.53. The summed E-state index contributed by atoms with van der Waals surface area (Å²) >= 11 is 0. The Morgan fingerprint density at radius 1 is 1.11 bits per heavy atom. The average Bonchev–Trinajstić information content (AvgIpc) is 2.79. The zero-order valence-electron chi connectivity index (χ0n) is 9.42. The Balaban J connectivity index is 2.38. The molecule has 0 radical (unpaired) electrons. The van der Waals surface area contributed by atoms with Crippen molar-refractivity contribution in [3.8, 4) is 11.1 Å². The fraction of sp³-hybridized carbons (Fsp3) is 0. The van der Waals surface area contributed by atoms with Crippen molar-refractivity contribution in [2.75, 3.05) is 0 Å². The van der Waals surface area contributed by atoms with E-state index in [-0.39, 0.29) is 5.69 Å². The van der Waals surface area contributed by atoms with E-state index in [9.17, 15) is 9.90 Å². The number of aromatic nitrogens is 2. The average molecular weight is 238 g/mol. The molecule has 0 saturated heterocycles. The van der Waals surface area contributed by atoms with Crippen LogP contribution in [-0.2, 0) is 0 Å². The fourth-order valence-electron chi connectivity index (χ4n) is 2.09. The number of H-pyrrole nitrogens is 1. The lowest BCUT2D eigenvalue weighted by atomic mass is 10.0. The zero-order chi connectivity index (χ0) is 12.5. The summed E-state index contributed by atoms with van der Waals surface area (Å²) in [5, 5.41) is 10.1. The predicted molar refractivity (Wildman–Crippen MR) is 68.5 cm³/mol. The smallest absolute Gasteiger partial charge is 0.353 e. The molecule has 0 bridgehead atoms. The maximum Gasteiger partial charge on any atom is 0.353 e. The third-order valence-electron chi connectivity index (χ3n) is 2.85. The van der Waals surface area contributed by atoms with Gasteiger partial charge in [0.1, 0.15) is 11.3 Å². The van der Waals surface area contributed by atoms with Gasteiger partial charge in [-0.25, -0.2) is 9.78 Å². The molecule has 0 aliphatic heterocycles. The number of hydrogen-bond acceptors (Lipinski definition) is 2. The number of nitrogens with one attached hydrogen (secondary N) is 1. The Labute approximate surface area is 103 Å². The van der Waals surface area contributed by atoms with Crippen molar-refractivity contribution < 1.29 is 9.90 Å². The number of benzene rings is 1. The molecule has 0 spiro atoms. The second kappa shape index (κ2) is 4.00. The number of pyridine rings is 1. The molecule has 0 unspecified atom stereocenters. The largest absolute Gasteiger partial charge is 0.477 e. The third-order valence-corrected chi connectivity index (χ3v) is 2.85. The molecule has 2 heterocycles. The number of carboxylic acids is 1. The van der Waals surface area contributed by atoms with Crippen molar-refractivity contribution >= 4 is 17.0 Å². The van der Waals surface area contributed by atoms with Crippen molar-refractivity contribution in [1.29, 1.82) is 0 Å². The molecule has 0 atom stereocenters. The fourth-order valence-corrected chi connectivity index (χ4v) is 2.09. The normalized spacial score (nSPS) is 10.7. The topological polar surface area (TPSA) is 66.0 Å². The summed E-state index contributed by atoms with van der Waals surface area (Å²) in [7, 11) is 0. The second-order valence-corrected chi connectivity index (χ2v) is 3.95. The third kappa shape index (κ3) is 1.55. The van der Waals surface area contributed by atoms with E-state index in [0.717, 1.165) is 10.9 Å². The molecule has 0 aliphatic carbocycles. The molecule has 0 saturated carbocycles. The highest BCUT2D eigenvalue weighted by Gasteiger charge is 2.18. The van der Waals surface area contributed by atoms with Crippen molar-refractivity contribution in [2.24, 2.45) is 0 Å². The van der Waals surface area contributed by atoms with Gasteiger partial charge in [-0.05, 0) is 17.7 Å². The molecular weight excluding hydrogens is 228 g/mol. The number of aromatic amines is 1. The molecule has 4 heteroatoms. The summed E-state index contributed by atoms with van der Waals surface area (Å²) in [4.78, 5) is 18.3. The number of hydrogen-bond donors (Lipinski definition) is 2. The van der Waals surface area contributed by atoms with Gasteiger partial charge in [0, 0.05) is 17.1 Å². The van der Waals surface area contributed by atoms with Gasteiger partial charge in [-0.15, -0.1) is 0 Å². The summed E-state index contributed by atoms with van der Waals surface area (Å²) in [6, 6.07) is 13.1. The van der Waals surface area contributed by atoms with Crippen LogP contribution in [0.25, 0.3) is 22.2 Å². The van der Waals surface area contributed by atoms with Crippen LogP contribution in [0.15, 0.2) is 48.7 Å². The second-order valence-electron chi connectivity index (χ2n) is 3.95. The van der Waals surface area contributed by atoms with Gasteiger partial charge in [-0.1, -0.05) is 30.3 Å². The lowest BCUT2D eigenvalue weighted by Gasteiger charge is -2.01. The number of fused-ring (bicyclic) bond motifs is 1. The first-order valence-corrected chi connectivity index (χ1v) is 5.53. The van der Waals surface area contributed by atoms with E-state index in [2.05, 4.69) is 9.97 Å². The monoisotopic (exact) mass is 238 g/mol. The van der Waals surface area contributed by atoms with E-state index in [0.29, 0.717) is 11.2 Å². The minimum Gasteiger partial charge on any atom is -0.477 e. The van der Waals surface area contributed by atoms with Crippen LogP contribution < -0.4 is 0 Å². The van der Waals surface area contributed by atoms with E-state index in [1.54, 1.807) is 12.3 Å². The maximum atomic E-state index is 11.3. The predicted octanol–water partition coefficient (Wildman–Crippen LogP) is 2.93. The minimum atomic E-state index is -0.980. The molecule has 2 aromatic heterocycles. The van der Waals surface area contributed by atoms with Gasteiger partial charge in [-0.2, -0.15) is 0 Å². The van der Waals surface area contributed by atoms with E-state index in [1.165, 1.54) is 0 Å². The highest BCUT2D eigenvalue weighted by molar-refractivity contribution is 6.06. The maximum absolute atomic E-state index is 11.3. The van der Waals surface area contributed by atoms with Crippen LogP contribution in [0.4, 0.5) is 0 Å². The molecule has 0 amide bonds. The first-order chi connectivity index (χ1) is 8.77. The highest BCUT2D eigenvalue weighted by atomic mass is 16.4. The number of carbonyl (C=O) groups is 1.